The van der Waals surface area contributed by atoms with E-state index in [1.54, 1.807) is 0 Å². The third-order valence-electron chi connectivity index (χ3n) is 7.87. The van der Waals surface area contributed by atoms with Crippen LogP contribution in [0, 0.1) is 0 Å². The lowest BCUT2D eigenvalue weighted by atomic mass is 10.0. The molecular weight excluding hydrogens is 458 g/mol. The lowest BCUT2D eigenvalue weighted by molar-refractivity contribution is -0.123. The third-order valence-corrected chi connectivity index (χ3v) is 7.87. The van der Waals surface area contributed by atoms with Gasteiger partial charge in [0.25, 0.3) is 0 Å². The van der Waals surface area contributed by atoms with Crippen LogP contribution in [0.1, 0.15) is 187 Å². The van der Waals surface area contributed by atoms with Crippen molar-refractivity contribution in [3.05, 3.63) is 0 Å². The van der Waals surface area contributed by atoms with E-state index < -0.39 is 12.1 Å². The molecule has 0 aromatic carbocycles. The summed E-state index contributed by atoms with van der Waals surface area (Å²) < 4.78 is 0. The summed E-state index contributed by atoms with van der Waals surface area (Å²) in [5.41, 5.74) is 0. The summed E-state index contributed by atoms with van der Waals surface area (Å²) in [6.07, 6.45) is 33.4. The predicted octanol–water partition coefficient (Wildman–Crippen LogP) is 9.40. The second-order valence-electron chi connectivity index (χ2n) is 11.6. The molecule has 37 heavy (non-hydrogen) atoms. The van der Waals surface area contributed by atoms with Crippen molar-refractivity contribution in [1.82, 2.24) is 5.32 Å². The number of nitrogens with one attached hydrogen (secondary N) is 1. The first-order valence-corrected chi connectivity index (χ1v) is 16.7. The lowest BCUT2D eigenvalue weighted by Crippen LogP contribution is -2.45. The van der Waals surface area contributed by atoms with Gasteiger partial charge < -0.3 is 15.5 Å². The minimum atomic E-state index is -0.648. The first kappa shape index (κ1) is 36.4. The molecule has 0 saturated heterocycles. The van der Waals surface area contributed by atoms with Crippen LogP contribution < -0.4 is 5.32 Å². The average Bonchev–Trinajstić information content (AvgIpc) is 2.90. The average molecular weight is 526 g/mol. The largest absolute Gasteiger partial charge is 0.394 e. The van der Waals surface area contributed by atoms with Crippen molar-refractivity contribution in [2.24, 2.45) is 0 Å². The summed E-state index contributed by atoms with van der Waals surface area (Å²) in [4.78, 5) is 12.2. The number of carbonyl (C=O) groups excluding carboxylic acids is 1. The van der Waals surface area contributed by atoms with Gasteiger partial charge in [0.1, 0.15) is 0 Å². The molecule has 1 amide bonds. The van der Waals surface area contributed by atoms with Crippen molar-refractivity contribution < 1.29 is 15.0 Å². The van der Waals surface area contributed by atoms with Crippen molar-refractivity contribution in [3.8, 4) is 0 Å². The molecule has 0 aliphatic carbocycles. The molecule has 0 saturated carbocycles. The quantitative estimate of drug-likeness (QED) is 0.0818. The first-order chi connectivity index (χ1) is 18.2. The van der Waals surface area contributed by atoms with Gasteiger partial charge in [0.15, 0.2) is 0 Å². The van der Waals surface area contributed by atoms with E-state index in [2.05, 4.69) is 19.2 Å². The molecule has 0 aliphatic rings. The normalized spacial score (nSPS) is 13.1. The second kappa shape index (κ2) is 29.9. The van der Waals surface area contributed by atoms with Gasteiger partial charge >= 0.3 is 0 Å². The number of hydrogen-bond acceptors (Lipinski definition) is 3. The number of amides is 1. The van der Waals surface area contributed by atoms with Crippen molar-refractivity contribution in [3.63, 3.8) is 0 Å². The van der Waals surface area contributed by atoms with Gasteiger partial charge in [0.05, 0.1) is 18.8 Å². The van der Waals surface area contributed by atoms with E-state index in [1.807, 2.05) is 0 Å². The van der Waals surface area contributed by atoms with Crippen LogP contribution in [-0.2, 0) is 4.79 Å². The molecule has 0 bridgehead atoms. The first-order valence-electron chi connectivity index (χ1n) is 16.7. The number of hydrogen-bond donors (Lipinski definition) is 3. The summed E-state index contributed by atoms with van der Waals surface area (Å²) >= 11 is 0. The maximum atomic E-state index is 12.2. The molecule has 4 heteroatoms. The topological polar surface area (TPSA) is 69.6 Å². The SMILES string of the molecule is CCCCCCCCCCCCCCCCCCCCCCCC(=O)N[C@@H](CO)[C@H](O)CCCCCC. The summed E-state index contributed by atoms with van der Waals surface area (Å²) in [5, 5.41) is 22.6. The molecule has 0 heterocycles. The molecule has 0 aliphatic heterocycles. The number of aliphatic hydroxyl groups is 2. The van der Waals surface area contributed by atoms with Crippen LogP contribution in [0.2, 0.25) is 0 Å². The molecule has 0 aromatic rings. The van der Waals surface area contributed by atoms with Gasteiger partial charge in [-0.1, -0.05) is 168 Å². The van der Waals surface area contributed by atoms with E-state index in [9.17, 15) is 15.0 Å². The Morgan fingerprint density at radius 2 is 0.865 bits per heavy atom. The van der Waals surface area contributed by atoms with Crippen LogP contribution in [0.4, 0.5) is 0 Å². The van der Waals surface area contributed by atoms with Gasteiger partial charge in [0, 0.05) is 6.42 Å². The number of unbranched alkanes of at least 4 members (excludes halogenated alkanes) is 23. The van der Waals surface area contributed by atoms with Gasteiger partial charge in [-0.05, 0) is 12.8 Å². The Morgan fingerprint density at radius 3 is 1.22 bits per heavy atom. The Labute approximate surface area is 232 Å². The van der Waals surface area contributed by atoms with Gasteiger partial charge in [0.2, 0.25) is 5.91 Å². The summed E-state index contributed by atoms with van der Waals surface area (Å²) in [7, 11) is 0. The number of rotatable bonds is 30. The van der Waals surface area contributed by atoms with Gasteiger partial charge in [-0.2, -0.15) is 0 Å². The van der Waals surface area contributed by atoms with Crippen LogP contribution in [0.3, 0.4) is 0 Å². The van der Waals surface area contributed by atoms with Crippen molar-refractivity contribution in [1.29, 1.82) is 0 Å². The Balaban J connectivity index is 3.36. The maximum Gasteiger partial charge on any atom is 0.220 e. The fourth-order valence-electron chi connectivity index (χ4n) is 5.24. The Bertz CT molecular complexity index is 457. The highest BCUT2D eigenvalue weighted by Crippen LogP contribution is 2.15. The predicted molar refractivity (Wildman–Crippen MR) is 161 cm³/mol. The molecule has 0 radical (unpaired) electrons. The summed E-state index contributed by atoms with van der Waals surface area (Å²) in [6.45, 7) is 4.26. The van der Waals surface area contributed by atoms with E-state index in [4.69, 9.17) is 0 Å². The molecule has 222 valence electrons. The number of aliphatic hydroxyl groups excluding tert-OH is 2. The van der Waals surface area contributed by atoms with Crippen molar-refractivity contribution in [2.75, 3.05) is 6.61 Å². The zero-order valence-corrected chi connectivity index (χ0v) is 25.3. The second-order valence-corrected chi connectivity index (χ2v) is 11.6. The summed E-state index contributed by atoms with van der Waals surface area (Å²) in [5.74, 6) is -0.0375. The molecular formula is C33H67NO3. The smallest absolute Gasteiger partial charge is 0.220 e. The highest BCUT2D eigenvalue weighted by molar-refractivity contribution is 5.76. The molecule has 4 nitrogen and oxygen atoms in total. The van der Waals surface area contributed by atoms with E-state index in [0.717, 1.165) is 32.1 Å². The molecule has 0 aromatic heterocycles. The molecule has 0 fully saturated rings. The van der Waals surface area contributed by atoms with Crippen molar-refractivity contribution in [2.45, 2.75) is 199 Å². The van der Waals surface area contributed by atoms with Gasteiger partial charge in [-0.3, -0.25) is 4.79 Å². The lowest BCUT2D eigenvalue weighted by Gasteiger charge is -2.22. The zero-order valence-electron chi connectivity index (χ0n) is 25.3. The monoisotopic (exact) mass is 526 g/mol. The van der Waals surface area contributed by atoms with Crippen LogP contribution in [-0.4, -0.2) is 34.9 Å². The van der Waals surface area contributed by atoms with Crippen LogP contribution >= 0.6 is 0 Å². The van der Waals surface area contributed by atoms with Gasteiger partial charge in [-0.15, -0.1) is 0 Å². The molecule has 0 rings (SSSR count). The highest BCUT2D eigenvalue weighted by Gasteiger charge is 2.19. The minimum Gasteiger partial charge on any atom is -0.394 e. The summed E-state index contributed by atoms with van der Waals surface area (Å²) in [6, 6.07) is -0.524. The third kappa shape index (κ3) is 26.8. The van der Waals surface area contributed by atoms with Crippen LogP contribution in [0.15, 0.2) is 0 Å². The zero-order chi connectivity index (χ0) is 27.2. The van der Waals surface area contributed by atoms with Crippen LogP contribution in [0.25, 0.3) is 0 Å². The highest BCUT2D eigenvalue weighted by atomic mass is 16.3. The fourth-order valence-corrected chi connectivity index (χ4v) is 5.24. The number of carbonyl (C=O) groups is 1. The standard InChI is InChI=1S/C33H67NO3/c1-3-5-7-9-10-11-12-13-14-15-16-17-18-19-20-21-22-23-24-25-27-29-33(37)34-31(30-35)32(36)28-26-8-6-4-2/h31-32,35-36H,3-30H2,1-2H3,(H,34,37)/t31-,32+/m0/s1. The molecule has 3 N–H and O–H groups in total. The maximum absolute atomic E-state index is 12.2. The van der Waals surface area contributed by atoms with Crippen molar-refractivity contribution >= 4 is 5.91 Å². The van der Waals surface area contributed by atoms with Crippen LogP contribution in [0.5, 0.6) is 0 Å². The molecule has 0 unspecified atom stereocenters. The van der Waals surface area contributed by atoms with E-state index in [-0.39, 0.29) is 12.5 Å². The van der Waals surface area contributed by atoms with E-state index in [0.29, 0.717) is 12.8 Å². The van der Waals surface area contributed by atoms with Gasteiger partial charge in [-0.25, -0.2) is 0 Å². The van der Waals surface area contributed by atoms with E-state index in [1.165, 1.54) is 128 Å². The Morgan fingerprint density at radius 1 is 0.541 bits per heavy atom. The Kier molecular flexibility index (Phi) is 29.4. The molecule has 0 spiro atoms. The van der Waals surface area contributed by atoms with E-state index >= 15 is 0 Å². The molecule has 2 atom stereocenters. The minimum absolute atomic E-state index is 0.0375. The fraction of sp³-hybridized carbons (Fsp3) is 0.970. The Hall–Kier alpha value is -0.610.